The molecule has 0 aliphatic rings. The molecule has 94 valence electrons. The summed E-state index contributed by atoms with van der Waals surface area (Å²) in [4.78, 5) is 18.6. The normalized spacial score (nSPS) is 10.5. The maximum atomic E-state index is 11.9. The van der Waals surface area contributed by atoms with Gasteiger partial charge in [0, 0.05) is 34.5 Å². The number of rotatable bonds is 6. The molecule has 2 aromatic rings. The van der Waals surface area contributed by atoms with Crippen LogP contribution in [0.3, 0.4) is 0 Å². The number of nitrogens with zero attached hydrogens (tertiary/aromatic N) is 1. The molecule has 3 heteroatoms. The number of pyridine rings is 1. The summed E-state index contributed by atoms with van der Waals surface area (Å²) < 4.78 is 0. The van der Waals surface area contributed by atoms with Crippen LogP contribution in [-0.4, -0.2) is 10.8 Å². The second kappa shape index (κ2) is 6.45. The molecule has 0 bridgehead atoms. The second-order valence-electron chi connectivity index (χ2n) is 4.26. The zero-order valence-electron chi connectivity index (χ0n) is 10.6. The monoisotopic (exact) mass is 259 g/mol. The van der Waals surface area contributed by atoms with Crippen molar-refractivity contribution in [1.82, 2.24) is 4.98 Å². The zero-order chi connectivity index (χ0) is 12.8. The van der Waals surface area contributed by atoms with Gasteiger partial charge in [0.25, 0.3) is 0 Å². The average molecular weight is 259 g/mol. The van der Waals surface area contributed by atoms with Gasteiger partial charge in [-0.15, -0.1) is 11.3 Å². The molecule has 2 heterocycles. The van der Waals surface area contributed by atoms with E-state index in [2.05, 4.69) is 24.0 Å². The van der Waals surface area contributed by atoms with Crippen LogP contribution < -0.4 is 0 Å². The Morgan fingerprint density at radius 3 is 2.72 bits per heavy atom. The van der Waals surface area contributed by atoms with Crippen LogP contribution >= 0.6 is 11.3 Å². The molecule has 2 nitrogen and oxygen atoms in total. The summed E-state index contributed by atoms with van der Waals surface area (Å²) in [6, 6.07) is 10.0. The van der Waals surface area contributed by atoms with Gasteiger partial charge < -0.3 is 0 Å². The summed E-state index contributed by atoms with van der Waals surface area (Å²) in [6.45, 7) is 2.14. The van der Waals surface area contributed by atoms with Gasteiger partial charge in [-0.05, 0) is 37.1 Å². The van der Waals surface area contributed by atoms with Crippen LogP contribution in [0.15, 0.2) is 36.5 Å². The second-order valence-corrected chi connectivity index (χ2v) is 5.51. The molecule has 0 saturated carbocycles. The Morgan fingerprint density at radius 1 is 1.22 bits per heavy atom. The third-order valence-corrected chi connectivity index (χ3v) is 4.05. The van der Waals surface area contributed by atoms with Crippen LogP contribution in [0.5, 0.6) is 0 Å². The minimum absolute atomic E-state index is 0.296. The Morgan fingerprint density at radius 2 is 2.06 bits per heavy atom. The largest absolute Gasteiger partial charge is 0.299 e. The van der Waals surface area contributed by atoms with Crippen molar-refractivity contribution in [2.24, 2.45) is 0 Å². The number of carbonyl (C=O) groups excluding carboxylic acids is 1. The fraction of sp³-hybridized carbons (Fsp3) is 0.333. The van der Waals surface area contributed by atoms with Crippen LogP contribution in [0.1, 0.15) is 28.8 Å². The third kappa shape index (κ3) is 3.77. The van der Waals surface area contributed by atoms with Crippen LogP contribution in [0.2, 0.25) is 0 Å². The first kappa shape index (κ1) is 13.0. The van der Waals surface area contributed by atoms with E-state index in [-0.39, 0.29) is 0 Å². The van der Waals surface area contributed by atoms with Crippen molar-refractivity contribution in [2.45, 2.75) is 32.6 Å². The highest BCUT2D eigenvalue weighted by Gasteiger charge is 2.07. The number of hydrogen-bond acceptors (Lipinski definition) is 3. The first-order valence-electron chi connectivity index (χ1n) is 6.27. The van der Waals surface area contributed by atoms with E-state index in [1.807, 2.05) is 18.2 Å². The number of hydrogen-bond donors (Lipinski definition) is 0. The predicted octanol–water partition coefficient (Wildman–Crippen LogP) is 3.45. The smallest absolute Gasteiger partial charge is 0.138 e. The number of aryl methyl sites for hydroxylation is 2. The molecule has 18 heavy (non-hydrogen) atoms. The van der Waals surface area contributed by atoms with E-state index >= 15 is 0 Å². The van der Waals surface area contributed by atoms with Gasteiger partial charge in [-0.3, -0.25) is 9.78 Å². The van der Waals surface area contributed by atoms with Crippen molar-refractivity contribution in [1.29, 1.82) is 0 Å². The Labute approximate surface area is 112 Å². The molecule has 0 fully saturated rings. The number of ketones is 1. The van der Waals surface area contributed by atoms with E-state index in [4.69, 9.17) is 0 Å². The Hall–Kier alpha value is -1.48. The molecule has 2 aromatic heterocycles. The van der Waals surface area contributed by atoms with E-state index < -0.39 is 0 Å². The Kier molecular flexibility index (Phi) is 4.65. The molecule has 0 aromatic carbocycles. The lowest BCUT2D eigenvalue weighted by atomic mass is 10.1. The van der Waals surface area contributed by atoms with Gasteiger partial charge in [0.05, 0.1) is 0 Å². The summed E-state index contributed by atoms with van der Waals surface area (Å²) in [5.74, 6) is 0.296. The molecular formula is C15H17NOS. The summed E-state index contributed by atoms with van der Waals surface area (Å²) in [5.41, 5.74) is 0.992. The lowest BCUT2D eigenvalue weighted by Crippen LogP contribution is -2.03. The van der Waals surface area contributed by atoms with Gasteiger partial charge in [0.15, 0.2) is 0 Å². The van der Waals surface area contributed by atoms with Gasteiger partial charge >= 0.3 is 0 Å². The predicted molar refractivity (Wildman–Crippen MR) is 75.0 cm³/mol. The van der Waals surface area contributed by atoms with Crippen molar-refractivity contribution < 1.29 is 4.79 Å². The lowest BCUT2D eigenvalue weighted by Gasteiger charge is -1.99. The van der Waals surface area contributed by atoms with E-state index in [1.54, 1.807) is 17.5 Å². The highest BCUT2D eigenvalue weighted by Crippen LogP contribution is 2.18. The van der Waals surface area contributed by atoms with Crippen LogP contribution in [-0.2, 0) is 24.1 Å². The molecular weight excluding hydrogens is 242 g/mol. The average Bonchev–Trinajstić information content (AvgIpc) is 2.85. The SMILES string of the molecule is CCc1ccc(CC(=O)CCc2ccccn2)s1. The zero-order valence-corrected chi connectivity index (χ0v) is 11.4. The first-order chi connectivity index (χ1) is 8.78. The fourth-order valence-corrected chi connectivity index (χ4v) is 2.79. The summed E-state index contributed by atoms with van der Waals surface area (Å²) >= 11 is 1.75. The van der Waals surface area contributed by atoms with Crippen molar-refractivity contribution in [3.05, 3.63) is 52.0 Å². The summed E-state index contributed by atoms with van der Waals surface area (Å²) in [5, 5.41) is 0. The number of aromatic nitrogens is 1. The van der Waals surface area contributed by atoms with E-state index in [0.717, 1.165) is 18.5 Å². The summed E-state index contributed by atoms with van der Waals surface area (Å²) in [7, 11) is 0. The number of Topliss-reactive ketones (excluding diaryl/α,β-unsaturated/α-hetero) is 1. The number of thiophene rings is 1. The highest BCUT2D eigenvalue weighted by molar-refractivity contribution is 7.12. The molecule has 0 aliphatic carbocycles. The van der Waals surface area contributed by atoms with Gasteiger partial charge in [0.1, 0.15) is 5.78 Å². The molecule has 2 rings (SSSR count). The van der Waals surface area contributed by atoms with E-state index in [0.29, 0.717) is 18.6 Å². The molecule has 0 aliphatic heterocycles. The van der Waals surface area contributed by atoms with Crippen molar-refractivity contribution in [3.8, 4) is 0 Å². The van der Waals surface area contributed by atoms with Crippen LogP contribution in [0.25, 0.3) is 0 Å². The molecule has 0 atom stereocenters. The molecule has 0 radical (unpaired) electrons. The summed E-state index contributed by atoms with van der Waals surface area (Å²) in [6.07, 6.45) is 4.71. The quantitative estimate of drug-likeness (QED) is 0.795. The van der Waals surface area contributed by atoms with E-state index in [9.17, 15) is 4.79 Å². The Balaban J connectivity index is 1.82. The standard InChI is InChI=1S/C15H17NOS/c1-2-14-8-9-15(18-14)11-13(17)7-6-12-5-3-4-10-16-12/h3-5,8-10H,2,6-7,11H2,1H3. The van der Waals surface area contributed by atoms with Crippen LogP contribution in [0.4, 0.5) is 0 Å². The van der Waals surface area contributed by atoms with Gasteiger partial charge in [-0.2, -0.15) is 0 Å². The lowest BCUT2D eigenvalue weighted by molar-refractivity contribution is -0.118. The van der Waals surface area contributed by atoms with Gasteiger partial charge in [0.2, 0.25) is 0 Å². The van der Waals surface area contributed by atoms with Gasteiger partial charge in [-0.1, -0.05) is 13.0 Å². The maximum Gasteiger partial charge on any atom is 0.138 e. The van der Waals surface area contributed by atoms with E-state index in [1.165, 1.54) is 9.75 Å². The maximum absolute atomic E-state index is 11.9. The fourth-order valence-electron chi connectivity index (χ4n) is 1.80. The number of carbonyl (C=O) groups is 1. The van der Waals surface area contributed by atoms with Crippen molar-refractivity contribution in [3.63, 3.8) is 0 Å². The van der Waals surface area contributed by atoms with Gasteiger partial charge in [-0.25, -0.2) is 0 Å². The molecule has 0 N–H and O–H groups in total. The molecule has 0 spiro atoms. The Bertz CT molecular complexity index is 504. The topological polar surface area (TPSA) is 30.0 Å². The van der Waals surface area contributed by atoms with Crippen molar-refractivity contribution in [2.75, 3.05) is 0 Å². The molecule has 0 amide bonds. The van der Waals surface area contributed by atoms with Crippen LogP contribution in [0, 0.1) is 0 Å². The highest BCUT2D eigenvalue weighted by atomic mass is 32.1. The molecule has 0 unspecified atom stereocenters. The molecule has 0 saturated heterocycles. The first-order valence-corrected chi connectivity index (χ1v) is 7.08. The third-order valence-electron chi connectivity index (χ3n) is 2.82. The van der Waals surface area contributed by atoms with Crippen molar-refractivity contribution >= 4 is 17.1 Å². The minimum Gasteiger partial charge on any atom is -0.299 e. The minimum atomic E-state index is 0.296.